The molecule has 0 aromatic heterocycles. The first-order valence-corrected chi connectivity index (χ1v) is 9.96. The average molecular weight is 395 g/mol. The van der Waals surface area contributed by atoms with Crippen molar-refractivity contribution in [1.29, 1.82) is 0 Å². The fraction of sp³-hybridized carbons (Fsp3) is 0.316. The van der Waals surface area contributed by atoms with Crippen LogP contribution in [0.25, 0.3) is 0 Å². The van der Waals surface area contributed by atoms with Gasteiger partial charge in [0.25, 0.3) is 0 Å². The highest BCUT2D eigenvalue weighted by atomic mass is 35.5. The van der Waals surface area contributed by atoms with Gasteiger partial charge < -0.3 is 9.84 Å². The molecule has 1 saturated carbocycles. The number of sulfone groups is 1. The smallest absolute Gasteiger partial charge is 0.314 e. The van der Waals surface area contributed by atoms with Crippen LogP contribution in [0.3, 0.4) is 0 Å². The van der Waals surface area contributed by atoms with Gasteiger partial charge in [-0.3, -0.25) is 4.79 Å². The number of halogens is 1. The summed E-state index contributed by atoms with van der Waals surface area (Å²) in [7, 11) is -2.49. The first kappa shape index (κ1) is 18.9. The van der Waals surface area contributed by atoms with Crippen LogP contribution < -0.4 is 0 Å². The minimum absolute atomic E-state index is 0.117. The minimum Gasteiger partial charge on any atom is -0.481 e. The molecule has 0 saturated heterocycles. The van der Waals surface area contributed by atoms with Gasteiger partial charge in [-0.15, -0.1) is 0 Å². The van der Waals surface area contributed by atoms with Crippen LogP contribution in [0.5, 0.6) is 0 Å². The zero-order valence-electron chi connectivity index (χ0n) is 14.3. The lowest BCUT2D eigenvalue weighted by Gasteiger charge is -2.12. The molecule has 7 heteroatoms. The third-order valence-electron chi connectivity index (χ3n) is 4.95. The Hall–Kier alpha value is -1.89. The van der Waals surface area contributed by atoms with E-state index in [4.69, 9.17) is 16.3 Å². The van der Waals surface area contributed by atoms with E-state index < -0.39 is 32.4 Å². The second-order valence-electron chi connectivity index (χ2n) is 6.59. The molecule has 0 spiro atoms. The van der Waals surface area contributed by atoms with E-state index in [1.54, 1.807) is 36.4 Å². The molecule has 0 amide bonds. The van der Waals surface area contributed by atoms with Gasteiger partial charge in [-0.2, -0.15) is 0 Å². The molecule has 1 fully saturated rings. The summed E-state index contributed by atoms with van der Waals surface area (Å²) in [5, 5.41) is 9.27. The molecule has 0 unspecified atom stereocenters. The van der Waals surface area contributed by atoms with Crippen molar-refractivity contribution < 1.29 is 23.1 Å². The number of methoxy groups -OCH3 is 1. The van der Waals surface area contributed by atoms with E-state index in [2.05, 4.69) is 0 Å². The van der Waals surface area contributed by atoms with Crippen molar-refractivity contribution in [3.05, 3.63) is 64.7 Å². The second kappa shape index (κ2) is 6.68. The van der Waals surface area contributed by atoms with Gasteiger partial charge >= 0.3 is 5.97 Å². The fourth-order valence-electron chi connectivity index (χ4n) is 3.60. The van der Waals surface area contributed by atoms with Crippen LogP contribution in [0.2, 0.25) is 5.02 Å². The highest BCUT2D eigenvalue weighted by Crippen LogP contribution is 2.64. The van der Waals surface area contributed by atoms with Gasteiger partial charge in [0.2, 0.25) is 0 Å². The van der Waals surface area contributed by atoms with Crippen molar-refractivity contribution in [2.75, 3.05) is 13.7 Å². The summed E-state index contributed by atoms with van der Waals surface area (Å²) in [6.07, 6.45) is 0. The number of rotatable bonds is 6. The van der Waals surface area contributed by atoms with Crippen molar-refractivity contribution in [2.24, 2.45) is 5.41 Å². The molecule has 0 heterocycles. The summed E-state index contributed by atoms with van der Waals surface area (Å²) >= 11 is 5.91. The lowest BCUT2D eigenvalue weighted by Crippen LogP contribution is -2.28. The van der Waals surface area contributed by atoms with Crippen LogP contribution in [0.15, 0.2) is 53.4 Å². The van der Waals surface area contributed by atoms with Crippen molar-refractivity contribution in [1.82, 2.24) is 0 Å². The Morgan fingerprint density at radius 3 is 2.23 bits per heavy atom. The lowest BCUT2D eigenvalue weighted by molar-refractivity contribution is -0.145. The molecule has 0 radical (unpaired) electrons. The summed E-state index contributed by atoms with van der Waals surface area (Å²) < 4.78 is 31.5. The summed E-state index contributed by atoms with van der Waals surface area (Å²) in [6.45, 7) is 1.67. The Labute approximate surface area is 157 Å². The van der Waals surface area contributed by atoms with Crippen LogP contribution in [0, 0.1) is 12.3 Å². The zero-order chi connectivity index (χ0) is 19.1. The molecule has 26 heavy (non-hydrogen) atoms. The molecule has 3 rings (SSSR count). The van der Waals surface area contributed by atoms with E-state index in [1.807, 2.05) is 6.92 Å². The van der Waals surface area contributed by atoms with Crippen LogP contribution in [0.4, 0.5) is 0 Å². The number of hydrogen-bond acceptors (Lipinski definition) is 4. The molecule has 2 aromatic carbocycles. The maximum Gasteiger partial charge on any atom is 0.314 e. The van der Waals surface area contributed by atoms with Crippen LogP contribution in [-0.4, -0.2) is 38.5 Å². The summed E-state index contributed by atoms with van der Waals surface area (Å²) in [5.74, 6) is -1.89. The van der Waals surface area contributed by atoms with Crippen molar-refractivity contribution >= 4 is 27.4 Å². The molecule has 138 valence electrons. The molecule has 3 atom stereocenters. The van der Waals surface area contributed by atoms with E-state index in [9.17, 15) is 18.3 Å². The van der Waals surface area contributed by atoms with Crippen molar-refractivity contribution in [3.63, 3.8) is 0 Å². The molecule has 5 nitrogen and oxygen atoms in total. The third kappa shape index (κ3) is 2.92. The SMILES string of the molecule is COC[C@@]1(C(=O)O)[C@H](S(=O)(=O)c2ccc(C)cc2)[C@@H]1c1ccc(Cl)cc1. The lowest BCUT2D eigenvalue weighted by atomic mass is 10.0. The Kier molecular flexibility index (Phi) is 4.86. The maximum absolute atomic E-state index is 13.2. The maximum atomic E-state index is 13.2. The Balaban J connectivity index is 2.11. The highest BCUT2D eigenvalue weighted by molar-refractivity contribution is 7.92. The minimum atomic E-state index is -3.86. The summed E-state index contributed by atoms with van der Waals surface area (Å²) in [6, 6.07) is 13.0. The van der Waals surface area contributed by atoms with E-state index in [0.717, 1.165) is 5.56 Å². The second-order valence-corrected chi connectivity index (χ2v) is 9.09. The number of carboxylic acids is 1. The van der Waals surface area contributed by atoms with Gasteiger partial charge in [0, 0.05) is 18.1 Å². The fourth-order valence-corrected chi connectivity index (χ4v) is 6.09. The highest BCUT2D eigenvalue weighted by Gasteiger charge is 2.76. The largest absolute Gasteiger partial charge is 0.481 e. The van der Waals surface area contributed by atoms with Gasteiger partial charge in [0.05, 0.1) is 16.8 Å². The number of benzene rings is 2. The average Bonchev–Trinajstić information content (AvgIpc) is 3.27. The Morgan fingerprint density at radius 2 is 1.73 bits per heavy atom. The van der Waals surface area contributed by atoms with Gasteiger partial charge in [-0.05, 0) is 36.8 Å². The number of carboxylic acid groups (broad SMARTS) is 1. The van der Waals surface area contributed by atoms with Crippen molar-refractivity contribution in [3.8, 4) is 0 Å². The summed E-state index contributed by atoms with van der Waals surface area (Å²) in [5.41, 5.74) is 0.0247. The van der Waals surface area contributed by atoms with Crippen LogP contribution in [0.1, 0.15) is 17.0 Å². The van der Waals surface area contributed by atoms with Crippen LogP contribution in [-0.2, 0) is 19.4 Å². The molecule has 0 aliphatic heterocycles. The third-order valence-corrected chi connectivity index (χ3v) is 7.49. The number of aliphatic carboxylic acids is 1. The van der Waals surface area contributed by atoms with Crippen LogP contribution >= 0.6 is 11.6 Å². The predicted molar refractivity (Wildman–Crippen MR) is 98.3 cm³/mol. The number of hydrogen-bond donors (Lipinski definition) is 1. The molecule has 1 aliphatic carbocycles. The monoisotopic (exact) mass is 394 g/mol. The number of aryl methyl sites for hydroxylation is 1. The Bertz CT molecular complexity index is 921. The van der Waals surface area contributed by atoms with E-state index in [1.165, 1.54) is 19.2 Å². The molecule has 0 bridgehead atoms. The Morgan fingerprint density at radius 1 is 1.15 bits per heavy atom. The summed E-state index contributed by atoms with van der Waals surface area (Å²) in [4.78, 5) is 12.2. The van der Waals surface area contributed by atoms with E-state index in [0.29, 0.717) is 10.6 Å². The first-order chi connectivity index (χ1) is 12.2. The van der Waals surface area contributed by atoms with Gasteiger partial charge in [0.15, 0.2) is 9.84 Å². The zero-order valence-corrected chi connectivity index (χ0v) is 15.9. The number of ether oxygens (including phenoxy) is 1. The van der Waals surface area contributed by atoms with Gasteiger partial charge in [0.1, 0.15) is 5.41 Å². The molecule has 1 aliphatic rings. The standard InChI is InChI=1S/C19H19ClO5S/c1-12-3-9-15(10-4-12)26(23,24)17-16(13-5-7-14(20)8-6-13)19(17,11-25-2)18(21)22/h3-10,16-17H,11H2,1-2H3,(H,21,22)/t16-,17+,19-/m0/s1. The molecule has 2 aromatic rings. The molecular weight excluding hydrogens is 376 g/mol. The molecular formula is C19H19ClO5S. The quantitative estimate of drug-likeness (QED) is 0.812. The molecule has 1 N–H and O–H groups in total. The predicted octanol–water partition coefficient (Wildman–Crippen LogP) is 3.31. The topological polar surface area (TPSA) is 80.7 Å². The van der Waals surface area contributed by atoms with E-state index >= 15 is 0 Å². The first-order valence-electron chi connectivity index (χ1n) is 8.03. The van der Waals surface area contributed by atoms with Gasteiger partial charge in [-0.1, -0.05) is 41.4 Å². The number of carbonyl (C=O) groups is 1. The normalized spacial score (nSPS) is 25.0. The van der Waals surface area contributed by atoms with Gasteiger partial charge in [-0.25, -0.2) is 8.42 Å². The van der Waals surface area contributed by atoms with E-state index in [-0.39, 0.29) is 11.5 Å². The van der Waals surface area contributed by atoms with Crippen molar-refractivity contribution in [2.45, 2.75) is 23.0 Å².